The van der Waals surface area contributed by atoms with Crippen LogP contribution in [0.3, 0.4) is 0 Å². The molecule has 0 unspecified atom stereocenters. The number of nitrogens with zero attached hydrogens (tertiary/aromatic N) is 1. The standard InChI is InChI=1S/C15H15NO4/c17-15(18)12-5-7-19-14(12)10-16-6-8-20-13-4-2-1-3-11(13)9-16/h1-5,7H,6,8-10H2,(H,17,18). The number of carboxylic acid groups (broad SMARTS) is 1. The summed E-state index contributed by atoms with van der Waals surface area (Å²) in [6.07, 6.45) is 1.42. The Morgan fingerprint density at radius 3 is 3.00 bits per heavy atom. The van der Waals surface area contributed by atoms with Gasteiger partial charge in [0.2, 0.25) is 0 Å². The average molecular weight is 273 g/mol. The molecule has 0 aliphatic carbocycles. The fraction of sp³-hybridized carbons (Fsp3) is 0.267. The van der Waals surface area contributed by atoms with E-state index in [1.54, 1.807) is 0 Å². The second kappa shape index (κ2) is 5.38. The maximum absolute atomic E-state index is 11.1. The molecule has 1 N–H and O–H groups in total. The lowest BCUT2D eigenvalue weighted by Gasteiger charge is -2.18. The molecule has 0 saturated heterocycles. The zero-order valence-corrected chi connectivity index (χ0v) is 10.9. The summed E-state index contributed by atoms with van der Waals surface area (Å²) in [7, 11) is 0. The van der Waals surface area contributed by atoms with Crippen molar-refractivity contribution >= 4 is 5.97 Å². The van der Waals surface area contributed by atoms with Crippen LogP contribution in [0.15, 0.2) is 41.0 Å². The van der Waals surface area contributed by atoms with Gasteiger partial charge in [0.05, 0.1) is 12.8 Å². The molecule has 1 aliphatic rings. The summed E-state index contributed by atoms with van der Waals surface area (Å²) in [5.41, 5.74) is 1.33. The summed E-state index contributed by atoms with van der Waals surface area (Å²) in [6.45, 7) is 2.50. The largest absolute Gasteiger partial charge is 0.492 e. The van der Waals surface area contributed by atoms with Crippen LogP contribution in [0.4, 0.5) is 0 Å². The van der Waals surface area contributed by atoms with Gasteiger partial charge in [0.1, 0.15) is 23.7 Å². The van der Waals surface area contributed by atoms with Crippen LogP contribution in [-0.2, 0) is 13.1 Å². The van der Waals surface area contributed by atoms with Crippen molar-refractivity contribution < 1.29 is 19.1 Å². The van der Waals surface area contributed by atoms with Crippen molar-refractivity contribution in [3.8, 4) is 5.75 Å². The van der Waals surface area contributed by atoms with E-state index in [1.807, 2.05) is 24.3 Å². The molecule has 5 heteroatoms. The van der Waals surface area contributed by atoms with Crippen molar-refractivity contribution in [2.24, 2.45) is 0 Å². The Kier molecular flexibility index (Phi) is 3.43. The molecule has 0 radical (unpaired) electrons. The van der Waals surface area contributed by atoms with Crippen LogP contribution in [0.25, 0.3) is 0 Å². The molecule has 0 fully saturated rings. The third-order valence-corrected chi connectivity index (χ3v) is 3.37. The van der Waals surface area contributed by atoms with Crippen LogP contribution in [-0.4, -0.2) is 29.1 Å². The molecule has 0 amide bonds. The van der Waals surface area contributed by atoms with Crippen LogP contribution in [0.2, 0.25) is 0 Å². The first-order valence-electron chi connectivity index (χ1n) is 6.47. The number of benzene rings is 1. The molecule has 0 atom stereocenters. The first kappa shape index (κ1) is 12.7. The van der Waals surface area contributed by atoms with Crippen molar-refractivity contribution in [2.45, 2.75) is 13.1 Å². The maximum atomic E-state index is 11.1. The summed E-state index contributed by atoms with van der Waals surface area (Å²) >= 11 is 0. The highest BCUT2D eigenvalue weighted by Gasteiger charge is 2.19. The van der Waals surface area contributed by atoms with E-state index in [-0.39, 0.29) is 5.56 Å². The number of carbonyl (C=O) groups is 1. The summed E-state index contributed by atoms with van der Waals surface area (Å²) in [6, 6.07) is 9.38. The van der Waals surface area contributed by atoms with Gasteiger partial charge in [-0.25, -0.2) is 4.79 Å². The second-order valence-corrected chi connectivity index (χ2v) is 4.73. The molecule has 1 aliphatic heterocycles. The topological polar surface area (TPSA) is 62.9 Å². The van der Waals surface area contributed by atoms with Crippen molar-refractivity contribution in [3.63, 3.8) is 0 Å². The number of rotatable bonds is 3. The van der Waals surface area contributed by atoms with Gasteiger partial charge in [-0.05, 0) is 12.1 Å². The summed E-state index contributed by atoms with van der Waals surface area (Å²) in [5.74, 6) is 0.421. The van der Waals surface area contributed by atoms with Crippen molar-refractivity contribution in [2.75, 3.05) is 13.2 Å². The molecular weight excluding hydrogens is 258 g/mol. The second-order valence-electron chi connectivity index (χ2n) is 4.73. The lowest BCUT2D eigenvalue weighted by atomic mass is 10.2. The first-order valence-corrected chi connectivity index (χ1v) is 6.47. The SMILES string of the molecule is O=C(O)c1ccoc1CN1CCOc2ccccc2C1. The van der Waals surface area contributed by atoms with E-state index in [0.29, 0.717) is 18.9 Å². The predicted octanol–water partition coefficient (Wildman–Crippen LogP) is 2.37. The molecule has 20 heavy (non-hydrogen) atoms. The smallest absolute Gasteiger partial charge is 0.339 e. The predicted molar refractivity (Wildman–Crippen MR) is 71.7 cm³/mol. The maximum Gasteiger partial charge on any atom is 0.339 e. The van der Waals surface area contributed by atoms with Crippen LogP contribution in [0, 0.1) is 0 Å². The molecule has 1 aromatic carbocycles. The molecule has 0 saturated carbocycles. The number of aromatic carboxylic acids is 1. The van der Waals surface area contributed by atoms with Crippen LogP contribution < -0.4 is 4.74 Å². The van der Waals surface area contributed by atoms with Gasteiger partial charge in [-0.3, -0.25) is 4.90 Å². The van der Waals surface area contributed by atoms with E-state index in [4.69, 9.17) is 14.3 Å². The number of ether oxygens (including phenoxy) is 1. The minimum atomic E-state index is -0.958. The van der Waals surface area contributed by atoms with Gasteiger partial charge in [0.15, 0.2) is 0 Å². The zero-order chi connectivity index (χ0) is 13.9. The first-order chi connectivity index (χ1) is 9.74. The number of para-hydroxylation sites is 1. The molecule has 2 heterocycles. The lowest BCUT2D eigenvalue weighted by Crippen LogP contribution is -2.25. The van der Waals surface area contributed by atoms with E-state index >= 15 is 0 Å². The fourth-order valence-corrected chi connectivity index (χ4v) is 2.37. The minimum absolute atomic E-state index is 0.225. The quantitative estimate of drug-likeness (QED) is 0.930. The lowest BCUT2D eigenvalue weighted by molar-refractivity contribution is 0.0692. The van der Waals surface area contributed by atoms with Crippen LogP contribution >= 0.6 is 0 Å². The number of carboxylic acids is 1. The molecule has 1 aromatic heterocycles. The highest BCUT2D eigenvalue weighted by Crippen LogP contribution is 2.24. The van der Waals surface area contributed by atoms with E-state index in [9.17, 15) is 4.79 Å². The molecular formula is C15H15NO4. The summed E-state index contributed by atoms with van der Waals surface area (Å²) < 4.78 is 11.0. The molecule has 0 spiro atoms. The Labute approximate surface area is 116 Å². The number of fused-ring (bicyclic) bond motifs is 1. The van der Waals surface area contributed by atoms with E-state index in [1.165, 1.54) is 12.3 Å². The van der Waals surface area contributed by atoms with Crippen molar-refractivity contribution in [3.05, 3.63) is 53.5 Å². The van der Waals surface area contributed by atoms with Gasteiger partial charge in [-0.15, -0.1) is 0 Å². The minimum Gasteiger partial charge on any atom is -0.492 e. The third-order valence-electron chi connectivity index (χ3n) is 3.37. The van der Waals surface area contributed by atoms with Gasteiger partial charge >= 0.3 is 5.97 Å². The number of furan rings is 1. The van der Waals surface area contributed by atoms with Crippen LogP contribution in [0.5, 0.6) is 5.75 Å². The molecule has 3 rings (SSSR count). The Balaban J connectivity index is 1.78. The normalized spacial score (nSPS) is 15.2. The molecule has 104 valence electrons. The fourth-order valence-electron chi connectivity index (χ4n) is 2.37. The monoisotopic (exact) mass is 273 g/mol. The Hall–Kier alpha value is -2.27. The zero-order valence-electron chi connectivity index (χ0n) is 10.9. The third kappa shape index (κ3) is 2.53. The summed E-state index contributed by atoms with van der Waals surface area (Å²) in [4.78, 5) is 13.2. The average Bonchev–Trinajstić information content (AvgIpc) is 2.79. The van der Waals surface area contributed by atoms with Gasteiger partial charge in [-0.2, -0.15) is 0 Å². The number of hydrogen-bond donors (Lipinski definition) is 1. The highest BCUT2D eigenvalue weighted by molar-refractivity contribution is 5.88. The van der Waals surface area contributed by atoms with Gasteiger partial charge in [0, 0.05) is 18.7 Å². The Morgan fingerprint density at radius 2 is 2.15 bits per heavy atom. The Bertz CT molecular complexity index is 620. The summed E-state index contributed by atoms with van der Waals surface area (Å²) in [5, 5.41) is 9.09. The van der Waals surface area contributed by atoms with Gasteiger partial charge in [-0.1, -0.05) is 18.2 Å². The molecule has 2 aromatic rings. The highest BCUT2D eigenvalue weighted by atomic mass is 16.5. The van der Waals surface area contributed by atoms with E-state index < -0.39 is 5.97 Å². The molecule has 5 nitrogen and oxygen atoms in total. The van der Waals surface area contributed by atoms with Crippen molar-refractivity contribution in [1.29, 1.82) is 0 Å². The van der Waals surface area contributed by atoms with Crippen molar-refractivity contribution in [1.82, 2.24) is 4.90 Å². The Morgan fingerprint density at radius 1 is 1.30 bits per heavy atom. The van der Waals surface area contributed by atoms with E-state index in [0.717, 1.165) is 24.4 Å². The number of hydrogen-bond acceptors (Lipinski definition) is 4. The molecule has 0 bridgehead atoms. The van der Waals surface area contributed by atoms with Gasteiger partial charge in [0.25, 0.3) is 0 Å². The van der Waals surface area contributed by atoms with E-state index in [2.05, 4.69) is 4.90 Å². The van der Waals surface area contributed by atoms with Gasteiger partial charge < -0.3 is 14.3 Å². The van der Waals surface area contributed by atoms with Crippen LogP contribution in [0.1, 0.15) is 21.7 Å².